The van der Waals surface area contributed by atoms with Crippen LogP contribution in [0.15, 0.2) is 14.7 Å². The van der Waals surface area contributed by atoms with Crippen LogP contribution < -0.4 is 0 Å². The van der Waals surface area contributed by atoms with E-state index in [1.165, 1.54) is 17.8 Å². The normalized spacial score (nSPS) is 19.1. The second-order valence-electron chi connectivity index (χ2n) is 4.66. The predicted octanol–water partition coefficient (Wildman–Crippen LogP) is 4.20. The third-order valence-corrected chi connectivity index (χ3v) is 7.87. The molecule has 0 spiro atoms. The Balaban J connectivity index is 2.26. The number of sulfonamides is 1. The molecule has 1 aliphatic rings. The minimum atomic E-state index is -3.38. The zero-order valence-electron chi connectivity index (χ0n) is 10.6. The molecule has 1 aromatic rings. The molecule has 0 radical (unpaired) electrons. The summed E-state index contributed by atoms with van der Waals surface area (Å²) in [4.78, 5) is 1.24. The Bertz CT molecular complexity index is 522. The average molecular weight is 387 g/mol. The van der Waals surface area contributed by atoms with Gasteiger partial charge in [0.2, 0.25) is 10.0 Å². The second kappa shape index (κ2) is 6.89. The lowest BCUT2D eigenvalue weighted by molar-refractivity contribution is 0.364. The molecule has 3 nitrogen and oxygen atoms in total. The van der Waals surface area contributed by atoms with Gasteiger partial charge < -0.3 is 0 Å². The summed E-state index contributed by atoms with van der Waals surface area (Å²) in [5, 5.41) is 0. The summed E-state index contributed by atoms with van der Waals surface area (Å²) < 4.78 is 27.6. The van der Waals surface area contributed by atoms with E-state index in [9.17, 15) is 8.42 Å². The molecule has 19 heavy (non-hydrogen) atoms. The zero-order valence-corrected chi connectivity index (χ0v) is 14.5. The minimum Gasteiger partial charge on any atom is -0.207 e. The first-order valence-corrected chi connectivity index (χ1v) is 9.98. The van der Waals surface area contributed by atoms with Gasteiger partial charge in [-0.2, -0.15) is 4.31 Å². The van der Waals surface area contributed by atoms with E-state index < -0.39 is 10.0 Å². The van der Waals surface area contributed by atoms with Crippen LogP contribution in [0.3, 0.4) is 0 Å². The SMILES string of the molecule is O=S(=O)(c1cc(CCl)sc1Br)N1CCCCCCC1. The predicted molar refractivity (Wildman–Crippen MR) is 83.4 cm³/mol. The molecule has 1 fully saturated rings. The highest BCUT2D eigenvalue weighted by molar-refractivity contribution is 9.11. The largest absolute Gasteiger partial charge is 0.245 e. The van der Waals surface area contributed by atoms with Crippen molar-refractivity contribution in [2.75, 3.05) is 13.1 Å². The number of hydrogen-bond acceptors (Lipinski definition) is 3. The van der Waals surface area contributed by atoms with Crippen LogP contribution in [0.25, 0.3) is 0 Å². The zero-order chi connectivity index (χ0) is 13.9. The van der Waals surface area contributed by atoms with Crippen molar-refractivity contribution in [2.24, 2.45) is 0 Å². The summed E-state index contributed by atoms with van der Waals surface area (Å²) in [5.41, 5.74) is 0. The van der Waals surface area contributed by atoms with E-state index in [0.29, 0.717) is 27.7 Å². The minimum absolute atomic E-state index is 0.346. The molecule has 0 atom stereocenters. The Kier molecular flexibility index (Phi) is 5.72. The molecular weight excluding hydrogens is 370 g/mol. The molecule has 1 saturated heterocycles. The van der Waals surface area contributed by atoms with Gasteiger partial charge in [0.1, 0.15) is 4.90 Å². The van der Waals surface area contributed by atoms with Gasteiger partial charge in [-0.05, 0) is 34.8 Å². The van der Waals surface area contributed by atoms with E-state index in [1.807, 2.05) is 0 Å². The van der Waals surface area contributed by atoms with Crippen LogP contribution in [0.4, 0.5) is 0 Å². The van der Waals surface area contributed by atoms with E-state index in [4.69, 9.17) is 11.6 Å². The number of halogens is 2. The van der Waals surface area contributed by atoms with Crippen molar-refractivity contribution in [3.63, 3.8) is 0 Å². The maximum Gasteiger partial charge on any atom is 0.245 e. The lowest BCUT2D eigenvalue weighted by atomic mass is 10.1. The lowest BCUT2D eigenvalue weighted by Crippen LogP contribution is -2.33. The molecule has 0 bridgehead atoms. The molecule has 2 heterocycles. The molecule has 0 saturated carbocycles. The Labute approximate surface area is 132 Å². The third kappa shape index (κ3) is 3.73. The standard InChI is InChI=1S/C12H17BrClNO2S2/c13-12-11(8-10(9-14)18-12)19(16,17)15-6-4-2-1-3-5-7-15/h8H,1-7,9H2. The Morgan fingerprint density at radius 3 is 2.32 bits per heavy atom. The molecule has 0 aromatic carbocycles. The highest BCUT2D eigenvalue weighted by atomic mass is 79.9. The van der Waals surface area contributed by atoms with Crippen LogP contribution in [0, 0.1) is 0 Å². The fourth-order valence-corrected chi connectivity index (χ4v) is 6.48. The molecule has 7 heteroatoms. The maximum absolute atomic E-state index is 12.7. The van der Waals surface area contributed by atoms with Crippen LogP contribution in [0.1, 0.15) is 37.0 Å². The molecule has 0 amide bonds. The molecule has 0 unspecified atom stereocenters. The van der Waals surface area contributed by atoms with E-state index in [-0.39, 0.29) is 0 Å². The number of alkyl halides is 1. The molecule has 108 valence electrons. The van der Waals surface area contributed by atoms with Crippen LogP contribution in [0.5, 0.6) is 0 Å². The van der Waals surface area contributed by atoms with E-state index in [2.05, 4.69) is 15.9 Å². The van der Waals surface area contributed by atoms with Crippen molar-refractivity contribution in [3.8, 4) is 0 Å². The smallest absolute Gasteiger partial charge is 0.207 e. The van der Waals surface area contributed by atoms with E-state index in [1.54, 1.807) is 10.4 Å². The maximum atomic E-state index is 12.7. The molecule has 0 aliphatic carbocycles. The number of rotatable bonds is 3. The third-order valence-electron chi connectivity index (χ3n) is 3.27. The monoisotopic (exact) mass is 385 g/mol. The number of thiophene rings is 1. The van der Waals surface area contributed by atoms with Gasteiger partial charge in [0.05, 0.1) is 9.67 Å². The van der Waals surface area contributed by atoms with Crippen molar-refractivity contribution in [1.29, 1.82) is 0 Å². The van der Waals surface area contributed by atoms with Crippen molar-refractivity contribution in [1.82, 2.24) is 4.31 Å². The van der Waals surface area contributed by atoms with E-state index >= 15 is 0 Å². The summed E-state index contributed by atoms with van der Waals surface area (Å²) in [6.45, 7) is 1.25. The first kappa shape index (κ1) is 15.8. The molecule has 0 N–H and O–H groups in total. The molecule has 1 aliphatic heterocycles. The van der Waals surface area contributed by atoms with Crippen LogP contribution in [0.2, 0.25) is 0 Å². The molecule has 1 aromatic heterocycles. The summed E-state index contributed by atoms with van der Waals surface area (Å²) in [6, 6.07) is 1.69. The Hall–Kier alpha value is 0.380. The van der Waals surface area contributed by atoms with Gasteiger partial charge in [-0.3, -0.25) is 0 Å². The first-order valence-electron chi connectivity index (χ1n) is 6.40. The first-order chi connectivity index (χ1) is 9.05. The fourth-order valence-electron chi connectivity index (χ4n) is 2.24. The van der Waals surface area contributed by atoms with Crippen LogP contribution >= 0.6 is 38.9 Å². The fraction of sp³-hybridized carbons (Fsp3) is 0.667. The second-order valence-corrected chi connectivity index (χ2v) is 9.28. The summed E-state index contributed by atoms with van der Waals surface area (Å²) >= 11 is 10.5. The highest BCUT2D eigenvalue weighted by Crippen LogP contribution is 2.34. The number of nitrogens with zero attached hydrogens (tertiary/aromatic N) is 1. The van der Waals surface area contributed by atoms with Gasteiger partial charge in [0.25, 0.3) is 0 Å². The Morgan fingerprint density at radius 2 is 1.79 bits per heavy atom. The lowest BCUT2D eigenvalue weighted by Gasteiger charge is -2.23. The highest BCUT2D eigenvalue weighted by Gasteiger charge is 2.28. The quantitative estimate of drug-likeness (QED) is 0.730. The van der Waals surface area contributed by atoms with Gasteiger partial charge >= 0.3 is 0 Å². The Morgan fingerprint density at radius 1 is 1.21 bits per heavy atom. The van der Waals surface area contributed by atoms with Gasteiger partial charge in [0, 0.05) is 18.0 Å². The van der Waals surface area contributed by atoms with Crippen molar-refractivity contribution < 1.29 is 8.42 Å². The van der Waals surface area contributed by atoms with Gasteiger partial charge in [-0.1, -0.05) is 19.3 Å². The van der Waals surface area contributed by atoms with Crippen molar-refractivity contribution in [3.05, 3.63) is 14.7 Å². The molecule has 2 rings (SSSR count). The van der Waals surface area contributed by atoms with Gasteiger partial charge in [-0.25, -0.2) is 8.42 Å². The summed E-state index contributed by atoms with van der Waals surface area (Å²) in [7, 11) is -3.38. The van der Waals surface area contributed by atoms with Crippen LogP contribution in [-0.4, -0.2) is 25.8 Å². The topological polar surface area (TPSA) is 37.4 Å². The van der Waals surface area contributed by atoms with E-state index in [0.717, 1.165) is 30.6 Å². The van der Waals surface area contributed by atoms with Crippen molar-refractivity contribution >= 4 is 48.9 Å². The van der Waals surface area contributed by atoms with Crippen molar-refractivity contribution in [2.45, 2.75) is 42.9 Å². The average Bonchev–Trinajstić information content (AvgIpc) is 2.70. The van der Waals surface area contributed by atoms with Gasteiger partial charge in [-0.15, -0.1) is 22.9 Å². The van der Waals surface area contributed by atoms with Crippen LogP contribution in [-0.2, 0) is 15.9 Å². The summed E-state index contributed by atoms with van der Waals surface area (Å²) in [5.74, 6) is 0.346. The number of hydrogen-bond donors (Lipinski definition) is 0. The molecular formula is C12H17BrClNO2S2. The summed E-state index contributed by atoms with van der Waals surface area (Å²) in [6.07, 6.45) is 5.34. The van der Waals surface area contributed by atoms with Gasteiger partial charge in [0.15, 0.2) is 0 Å².